The first-order valence-corrected chi connectivity index (χ1v) is 9.24. The van der Waals surface area contributed by atoms with Crippen LogP contribution in [0.3, 0.4) is 0 Å². The van der Waals surface area contributed by atoms with Crippen LogP contribution in [-0.4, -0.2) is 5.78 Å². The summed E-state index contributed by atoms with van der Waals surface area (Å²) in [4.78, 5) is 12.6. The number of dihydropyridines is 1. The maximum atomic E-state index is 12.6. The van der Waals surface area contributed by atoms with Crippen LogP contribution in [0.5, 0.6) is 0 Å². The average Bonchev–Trinajstić information content (AvgIpc) is 2.52. The fourth-order valence-electron chi connectivity index (χ4n) is 3.49. The number of hydrogen-bond acceptors (Lipinski definition) is 4. The zero-order chi connectivity index (χ0) is 17.3. The van der Waals surface area contributed by atoms with E-state index < -0.39 is 0 Å². The lowest BCUT2D eigenvalue weighted by Gasteiger charge is -2.37. The molecule has 1 aliphatic carbocycles. The topological polar surface area (TPSA) is 52.9 Å². The number of ketones is 1. The van der Waals surface area contributed by atoms with Gasteiger partial charge in [-0.05, 0) is 17.4 Å². The minimum Gasteiger partial charge on any atom is -0.352 e. The smallest absolute Gasteiger partial charge is 0.161 e. The predicted octanol–water partition coefficient (Wildman–Crippen LogP) is 4.54. The number of thioether (sulfide) groups is 1. The third-order valence-corrected chi connectivity index (χ3v) is 5.73. The van der Waals surface area contributed by atoms with Crippen LogP contribution in [0, 0.1) is 22.7 Å². The van der Waals surface area contributed by atoms with Gasteiger partial charge >= 0.3 is 0 Å². The molecule has 3 nitrogen and oxygen atoms in total. The Balaban J connectivity index is 1.86. The van der Waals surface area contributed by atoms with Crippen molar-refractivity contribution in [1.29, 1.82) is 5.26 Å². The molecular formula is C20H22N2OS. The van der Waals surface area contributed by atoms with Crippen molar-refractivity contribution in [1.82, 2.24) is 5.32 Å². The highest BCUT2D eigenvalue weighted by Crippen LogP contribution is 2.44. The summed E-state index contributed by atoms with van der Waals surface area (Å²) >= 11 is 1.64. The number of carbonyl (C=O) groups is 1. The largest absolute Gasteiger partial charge is 0.352 e. The molecule has 24 heavy (non-hydrogen) atoms. The second-order valence-corrected chi connectivity index (χ2v) is 8.29. The van der Waals surface area contributed by atoms with E-state index in [9.17, 15) is 10.1 Å². The van der Waals surface area contributed by atoms with Crippen molar-refractivity contribution in [2.24, 2.45) is 11.3 Å². The number of hydrogen-bond donors (Lipinski definition) is 1. The molecule has 1 heterocycles. The molecule has 0 fully saturated rings. The van der Waals surface area contributed by atoms with Crippen LogP contribution >= 0.6 is 11.8 Å². The van der Waals surface area contributed by atoms with Crippen LogP contribution in [0.2, 0.25) is 0 Å². The van der Waals surface area contributed by atoms with Crippen LogP contribution in [-0.2, 0) is 10.5 Å². The second kappa shape index (κ2) is 6.49. The van der Waals surface area contributed by atoms with E-state index in [4.69, 9.17) is 0 Å². The Kier molecular flexibility index (Phi) is 4.56. The van der Waals surface area contributed by atoms with Gasteiger partial charge in [0.05, 0.1) is 16.7 Å². The van der Waals surface area contributed by atoms with Crippen molar-refractivity contribution >= 4 is 17.5 Å². The summed E-state index contributed by atoms with van der Waals surface area (Å²) < 4.78 is 0. The fraction of sp³-hybridized carbons (Fsp3) is 0.400. The van der Waals surface area contributed by atoms with Gasteiger partial charge in [-0.1, -0.05) is 51.1 Å². The molecule has 1 N–H and O–H groups in total. The van der Waals surface area contributed by atoms with Crippen LogP contribution in [0.1, 0.15) is 39.2 Å². The Morgan fingerprint density at radius 2 is 2.00 bits per heavy atom. The molecule has 0 bridgehead atoms. The lowest BCUT2D eigenvalue weighted by Crippen LogP contribution is -2.36. The third kappa shape index (κ3) is 3.27. The standard InChI is InChI=1S/C20H22N2OS/c1-13-15(11-21)19(24-12-14-7-5-4-6-8-14)22-16-9-20(2,3)10-17(23)18(13)16/h4-8,13,22H,9-10,12H2,1-3H3/t13-/m1/s1. The molecule has 4 heteroatoms. The van der Waals surface area contributed by atoms with Crippen molar-refractivity contribution in [3.8, 4) is 6.07 Å². The molecule has 3 rings (SSSR count). The van der Waals surface area contributed by atoms with Crippen molar-refractivity contribution in [2.45, 2.75) is 39.4 Å². The molecule has 0 amide bonds. The molecule has 2 aliphatic rings. The minimum atomic E-state index is -0.117. The summed E-state index contributed by atoms with van der Waals surface area (Å²) in [5.41, 5.74) is 3.71. The van der Waals surface area contributed by atoms with Crippen molar-refractivity contribution < 1.29 is 4.79 Å². The first kappa shape index (κ1) is 16.9. The number of nitrogens with zero attached hydrogens (tertiary/aromatic N) is 1. The van der Waals surface area contributed by atoms with E-state index in [-0.39, 0.29) is 17.1 Å². The molecule has 0 spiro atoms. The van der Waals surface area contributed by atoms with E-state index in [1.807, 2.05) is 25.1 Å². The Hall–Kier alpha value is -1.99. The van der Waals surface area contributed by atoms with E-state index in [2.05, 4.69) is 37.4 Å². The molecule has 1 aromatic rings. The maximum absolute atomic E-state index is 12.6. The Morgan fingerprint density at radius 1 is 1.29 bits per heavy atom. The highest BCUT2D eigenvalue weighted by Gasteiger charge is 2.39. The predicted molar refractivity (Wildman–Crippen MR) is 97.7 cm³/mol. The SMILES string of the molecule is C[C@@H]1C(C#N)=C(SCc2ccccc2)NC2=C1C(=O)CC(C)(C)C2. The average molecular weight is 338 g/mol. The van der Waals surface area contributed by atoms with E-state index in [1.165, 1.54) is 5.56 Å². The Bertz CT molecular complexity index is 769. The van der Waals surface area contributed by atoms with Gasteiger partial charge in [-0.25, -0.2) is 0 Å². The highest BCUT2D eigenvalue weighted by molar-refractivity contribution is 8.02. The quantitative estimate of drug-likeness (QED) is 0.879. The van der Waals surface area contributed by atoms with Gasteiger partial charge in [0.25, 0.3) is 0 Å². The summed E-state index contributed by atoms with van der Waals surface area (Å²) in [6.45, 7) is 6.23. The van der Waals surface area contributed by atoms with Crippen LogP contribution < -0.4 is 5.32 Å². The maximum Gasteiger partial charge on any atom is 0.161 e. The molecule has 1 aliphatic heterocycles. The van der Waals surface area contributed by atoms with Gasteiger partial charge in [-0.3, -0.25) is 4.79 Å². The Morgan fingerprint density at radius 3 is 2.67 bits per heavy atom. The van der Waals surface area contributed by atoms with Gasteiger partial charge in [0.15, 0.2) is 5.78 Å². The fourth-order valence-corrected chi connectivity index (χ4v) is 4.56. The molecule has 1 aromatic carbocycles. The van der Waals surface area contributed by atoms with Crippen LogP contribution in [0.4, 0.5) is 0 Å². The molecule has 0 radical (unpaired) electrons. The number of Topliss-reactive ketones (excluding diaryl/α,β-unsaturated/α-hetero) is 1. The molecule has 0 aromatic heterocycles. The van der Waals surface area contributed by atoms with E-state index in [1.54, 1.807) is 11.8 Å². The summed E-state index contributed by atoms with van der Waals surface area (Å²) in [5.74, 6) is 0.871. The zero-order valence-corrected chi connectivity index (χ0v) is 15.2. The lowest BCUT2D eigenvalue weighted by molar-refractivity contribution is -0.118. The third-order valence-electron chi connectivity index (χ3n) is 4.64. The van der Waals surface area contributed by atoms with Crippen molar-refractivity contribution in [3.05, 3.63) is 57.8 Å². The zero-order valence-electron chi connectivity index (χ0n) is 14.3. The lowest BCUT2D eigenvalue weighted by atomic mass is 9.71. The molecule has 124 valence electrons. The summed E-state index contributed by atoms with van der Waals surface area (Å²) in [6, 6.07) is 12.5. The second-order valence-electron chi connectivity index (χ2n) is 7.31. The number of nitrogens with one attached hydrogen (secondary N) is 1. The van der Waals surface area contributed by atoms with E-state index in [0.717, 1.165) is 28.5 Å². The number of benzene rings is 1. The van der Waals surface area contributed by atoms with Gasteiger partial charge in [0.2, 0.25) is 0 Å². The van der Waals surface area contributed by atoms with Gasteiger partial charge in [0.1, 0.15) is 0 Å². The van der Waals surface area contributed by atoms with Crippen LogP contribution in [0.15, 0.2) is 52.2 Å². The first-order valence-electron chi connectivity index (χ1n) is 8.25. The van der Waals surface area contributed by atoms with Crippen molar-refractivity contribution in [2.75, 3.05) is 0 Å². The van der Waals surface area contributed by atoms with Gasteiger partial charge < -0.3 is 5.32 Å². The summed E-state index contributed by atoms with van der Waals surface area (Å²) in [5, 5.41) is 13.9. The van der Waals surface area contributed by atoms with Crippen molar-refractivity contribution in [3.63, 3.8) is 0 Å². The number of nitriles is 1. The molecular weight excluding hydrogens is 316 g/mol. The number of allylic oxidation sites excluding steroid dienone is 3. The van der Waals surface area contributed by atoms with Crippen LogP contribution in [0.25, 0.3) is 0 Å². The van der Waals surface area contributed by atoms with E-state index >= 15 is 0 Å². The monoisotopic (exact) mass is 338 g/mol. The molecule has 1 atom stereocenters. The normalized spacial score (nSPS) is 22.8. The van der Waals surface area contributed by atoms with Gasteiger partial charge in [0, 0.05) is 29.4 Å². The molecule has 0 saturated carbocycles. The van der Waals surface area contributed by atoms with E-state index in [0.29, 0.717) is 12.0 Å². The number of rotatable bonds is 3. The number of carbonyl (C=O) groups excluding carboxylic acids is 1. The molecule has 0 saturated heterocycles. The highest BCUT2D eigenvalue weighted by atomic mass is 32.2. The molecule has 0 unspecified atom stereocenters. The minimum absolute atomic E-state index is 0.0258. The summed E-state index contributed by atoms with van der Waals surface area (Å²) in [6.07, 6.45) is 1.41. The summed E-state index contributed by atoms with van der Waals surface area (Å²) in [7, 11) is 0. The Labute approximate surface area is 147 Å². The van der Waals surface area contributed by atoms with Gasteiger partial charge in [-0.15, -0.1) is 11.8 Å². The first-order chi connectivity index (χ1) is 11.4. The van der Waals surface area contributed by atoms with Gasteiger partial charge in [-0.2, -0.15) is 5.26 Å².